The predicted molar refractivity (Wildman–Crippen MR) is 44.7 cm³/mol. The molecule has 0 fully saturated rings. The molecule has 0 aromatic rings. The molecule has 0 aromatic heterocycles. The average molecular weight is 142 g/mol. The smallest absolute Gasteiger partial charge is 0.0100 e. The summed E-state index contributed by atoms with van der Waals surface area (Å²) in [4.78, 5) is 1.63. The molecule has 0 aliphatic carbocycles. The highest BCUT2D eigenvalue weighted by molar-refractivity contribution is 8.03. The molecule has 1 unspecified atom stereocenters. The van der Waals surface area contributed by atoms with Crippen molar-refractivity contribution < 1.29 is 0 Å². The molecule has 1 atom stereocenters. The number of allylic oxidation sites excluding steroid dienone is 2. The van der Waals surface area contributed by atoms with Gasteiger partial charge in [0, 0.05) is 5.25 Å². The minimum atomic E-state index is 0.847. The highest BCUT2D eigenvalue weighted by atomic mass is 32.2. The first-order valence-electron chi connectivity index (χ1n) is 3.59. The van der Waals surface area contributed by atoms with Gasteiger partial charge in [-0.2, -0.15) is 0 Å². The molecule has 1 heteroatoms. The number of rotatable bonds is 1. The summed E-state index contributed by atoms with van der Waals surface area (Å²) in [7, 11) is 0. The lowest BCUT2D eigenvalue weighted by molar-refractivity contribution is 0.942. The Hall–Kier alpha value is 0.0900. The first-order chi connectivity index (χ1) is 4.24. The van der Waals surface area contributed by atoms with Crippen molar-refractivity contribution in [3.8, 4) is 0 Å². The van der Waals surface area contributed by atoms with E-state index in [-0.39, 0.29) is 0 Å². The monoisotopic (exact) mass is 142 g/mol. The van der Waals surface area contributed by atoms with Gasteiger partial charge in [0.2, 0.25) is 0 Å². The zero-order valence-corrected chi connectivity index (χ0v) is 7.22. The Kier molecular flexibility index (Phi) is 2.23. The maximum atomic E-state index is 2.30. The molecule has 0 bridgehead atoms. The Morgan fingerprint density at radius 2 is 2.33 bits per heavy atom. The molecule has 1 rings (SSSR count). The molecular weight excluding hydrogens is 128 g/mol. The van der Waals surface area contributed by atoms with Gasteiger partial charge in [-0.25, -0.2) is 0 Å². The van der Waals surface area contributed by atoms with Crippen LogP contribution in [0.3, 0.4) is 0 Å². The van der Waals surface area contributed by atoms with Crippen molar-refractivity contribution >= 4 is 11.8 Å². The van der Waals surface area contributed by atoms with Gasteiger partial charge in [-0.15, -0.1) is 11.8 Å². The van der Waals surface area contributed by atoms with Crippen molar-refractivity contribution in [3.63, 3.8) is 0 Å². The van der Waals surface area contributed by atoms with Crippen LogP contribution in [-0.2, 0) is 0 Å². The summed E-state index contributed by atoms with van der Waals surface area (Å²) in [6, 6.07) is 0. The Balaban J connectivity index is 2.58. The van der Waals surface area contributed by atoms with Crippen LogP contribution in [0.15, 0.2) is 10.5 Å². The van der Waals surface area contributed by atoms with E-state index in [9.17, 15) is 0 Å². The van der Waals surface area contributed by atoms with Crippen LogP contribution in [0.5, 0.6) is 0 Å². The summed E-state index contributed by atoms with van der Waals surface area (Å²) < 4.78 is 0. The van der Waals surface area contributed by atoms with Crippen molar-refractivity contribution in [3.05, 3.63) is 10.5 Å². The van der Waals surface area contributed by atoms with Gasteiger partial charge < -0.3 is 0 Å². The fraction of sp³-hybridized carbons (Fsp3) is 0.750. The second kappa shape index (κ2) is 2.78. The normalized spacial score (nSPS) is 27.7. The molecule has 52 valence electrons. The molecule has 9 heavy (non-hydrogen) atoms. The minimum absolute atomic E-state index is 0.847. The van der Waals surface area contributed by atoms with Crippen molar-refractivity contribution in [2.45, 2.75) is 38.9 Å². The third kappa shape index (κ3) is 1.51. The van der Waals surface area contributed by atoms with Crippen molar-refractivity contribution in [2.75, 3.05) is 0 Å². The summed E-state index contributed by atoms with van der Waals surface area (Å²) in [5.74, 6) is 0. The molecule has 0 N–H and O–H groups in total. The van der Waals surface area contributed by atoms with Crippen molar-refractivity contribution in [1.82, 2.24) is 0 Å². The second-order valence-electron chi connectivity index (χ2n) is 2.69. The van der Waals surface area contributed by atoms with E-state index >= 15 is 0 Å². The highest BCUT2D eigenvalue weighted by Crippen LogP contribution is 2.38. The summed E-state index contributed by atoms with van der Waals surface area (Å²) >= 11 is 2.05. The molecule has 0 saturated carbocycles. The Morgan fingerprint density at radius 3 is 2.56 bits per heavy atom. The molecule has 0 spiro atoms. The van der Waals surface area contributed by atoms with E-state index in [4.69, 9.17) is 0 Å². The number of thioether (sulfide) groups is 1. The molecule has 0 saturated heterocycles. The van der Waals surface area contributed by atoms with Gasteiger partial charge >= 0.3 is 0 Å². The number of hydrogen-bond acceptors (Lipinski definition) is 1. The Labute approximate surface area is 61.7 Å². The van der Waals surface area contributed by atoms with Gasteiger partial charge in [0.05, 0.1) is 0 Å². The molecule has 0 aromatic carbocycles. The van der Waals surface area contributed by atoms with E-state index in [0.29, 0.717) is 0 Å². The number of hydrogen-bond donors (Lipinski definition) is 0. The third-order valence-corrected chi connectivity index (χ3v) is 3.22. The van der Waals surface area contributed by atoms with Gasteiger partial charge in [-0.3, -0.25) is 0 Å². The maximum Gasteiger partial charge on any atom is 0.0100 e. The van der Waals surface area contributed by atoms with E-state index in [2.05, 4.69) is 32.5 Å². The average Bonchev–Trinajstić information content (AvgIpc) is 2.10. The molecule has 1 aliphatic rings. The molecule has 1 heterocycles. The lowest BCUT2D eigenvalue weighted by atomic mass is 10.1. The SMILES string of the molecule is CCC1=C(C)CC(C)S1. The van der Waals surface area contributed by atoms with Crippen LogP contribution < -0.4 is 0 Å². The standard InChI is InChI=1S/C8H14S/c1-4-8-6(2)5-7(3)9-8/h7H,4-5H2,1-3H3. The van der Waals surface area contributed by atoms with Gasteiger partial charge in [-0.05, 0) is 24.7 Å². The Morgan fingerprint density at radius 1 is 1.67 bits per heavy atom. The van der Waals surface area contributed by atoms with Crippen LogP contribution in [0, 0.1) is 0 Å². The van der Waals surface area contributed by atoms with Gasteiger partial charge in [0.15, 0.2) is 0 Å². The molecule has 0 amide bonds. The van der Waals surface area contributed by atoms with E-state index in [1.807, 2.05) is 0 Å². The largest absolute Gasteiger partial charge is 0.127 e. The van der Waals surface area contributed by atoms with Crippen LogP contribution in [0.2, 0.25) is 0 Å². The van der Waals surface area contributed by atoms with E-state index in [0.717, 1.165) is 5.25 Å². The van der Waals surface area contributed by atoms with E-state index < -0.39 is 0 Å². The maximum absolute atomic E-state index is 2.30. The van der Waals surface area contributed by atoms with Gasteiger partial charge in [0.25, 0.3) is 0 Å². The lowest BCUT2D eigenvalue weighted by Crippen LogP contribution is -1.86. The molecule has 1 aliphatic heterocycles. The zero-order valence-electron chi connectivity index (χ0n) is 6.40. The van der Waals surface area contributed by atoms with Crippen molar-refractivity contribution in [1.29, 1.82) is 0 Å². The quantitative estimate of drug-likeness (QED) is 0.542. The zero-order chi connectivity index (χ0) is 6.85. The third-order valence-electron chi connectivity index (χ3n) is 1.73. The van der Waals surface area contributed by atoms with Crippen LogP contribution >= 0.6 is 11.8 Å². The summed E-state index contributed by atoms with van der Waals surface area (Å²) in [5.41, 5.74) is 1.62. The summed E-state index contributed by atoms with van der Waals surface area (Å²) in [6.07, 6.45) is 2.55. The first kappa shape index (κ1) is 7.20. The van der Waals surface area contributed by atoms with Crippen LogP contribution in [0.4, 0.5) is 0 Å². The summed E-state index contributed by atoms with van der Waals surface area (Å²) in [5, 5.41) is 0.847. The summed E-state index contributed by atoms with van der Waals surface area (Å²) in [6.45, 7) is 6.80. The van der Waals surface area contributed by atoms with Gasteiger partial charge in [-0.1, -0.05) is 19.4 Å². The first-order valence-corrected chi connectivity index (χ1v) is 4.47. The predicted octanol–water partition coefficient (Wildman–Crippen LogP) is 3.20. The molecule has 0 radical (unpaired) electrons. The molecular formula is C8H14S. The highest BCUT2D eigenvalue weighted by Gasteiger charge is 2.16. The van der Waals surface area contributed by atoms with Crippen LogP contribution in [0.25, 0.3) is 0 Å². The lowest BCUT2D eigenvalue weighted by Gasteiger charge is -1.97. The van der Waals surface area contributed by atoms with Crippen molar-refractivity contribution in [2.24, 2.45) is 0 Å². The van der Waals surface area contributed by atoms with Crippen LogP contribution in [0.1, 0.15) is 33.6 Å². The second-order valence-corrected chi connectivity index (χ2v) is 4.22. The fourth-order valence-electron chi connectivity index (χ4n) is 1.32. The fourth-order valence-corrected chi connectivity index (χ4v) is 2.59. The molecule has 0 nitrogen and oxygen atoms in total. The van der Waals surface area contributed by atoms with E-state index in [1.165, 1.54) is 12.8 Å². The van der Waals surface area contributed by atoms with E-state index in [1.54, 1.807) is 10.5 Å². The Bertz CT molecular complexity index is 136. The topological polar surface area (TPSA) is 0 Å². The minimum Gasteiger partial charge on any atom is -0.127 e. The van der Waals surface area contributed by atoms with Crippen LogP contribution in [-0.4, -0.2) is 5.25 Å². The van der Waals surface area contributed by atoms with Gasteiger partial charge in [0.1, 0.15) is 0 Å².